The first-order valence-electron chi connectivity index (χ1n) is 11.2. The molecule has 1 N–H and O–H groups in total. The average Bonchev–Trinajstić information content (AvgIpc) is 3.57. The van der Waals surface area contributed by atoms with Crippen molar-refractivity contribution < 1.29 is 27.9 Å². The molecule has 2 aromatic carbocycles. The van der Waals surface area contributed by atoms with E-state index in [0.717, 1.165) is 30.6 Å². The van der Waals surface area contributed by atoms with Gasteiger partial charge in [-0.15, -0.1) is 0 Å². The van der Waals surface area contributed by atoms with Gasteiger partial charge in [0.1, 0.15) is 11.9 Å². The number of halogens is 1. The summed E-state index contributed by atoms with van der Waals surface area (Å²) in [5, 5.41) is 3.05. The number of carbonyl (C=O) groups is 2. The number of nitrogens with zero attached hydrogens (tertiary/aromatic N) is 1. The van der Waals surface area contributed by atoms with Crippen molar-refractivity contribution in [2.45, 2.75) is 37.8 Å². The van der Waals surface area contributed by atoms with Gasteiger partial charge in [0.2, 0.25) is 5.91 Å². The van der Waals surface area contributed by atoms with Gasteiger partial charge in [0, 0.05) is 11.6 Å². The Labute approximate surface area is 197 Å². The van der Waals surface area contributed by atoms with E-state index >= 15 is 4.39 Å². The fourth-order valence-electron chi connectivity index (χ4n) is 4.41. The second kappa shape index (κ2) is 10.4. The molecule has 1 atom stereocenters. The SMILES string of the molecule is COc1cccc([C@@H](C(=O)NC2CCCC2)N(C(=O)c2ccco2)c2ccccc2F)c1OC. The van der Waals surface area contributed by atoms with E-state index in [2.05, 4.69) is 5.32 Å². The molecule has 1 heterocycles. The lowest BCUT2D eigenvalue weighted by molar-refractivity contribution is -0.123. The number of hydrogen-bond acceptors (Lipinski definition) is 5. The zero-order valence-electron chi connectivity index (χ0n) is 19.1. The minimum Gasteiger partial charge on any atom is -0.493 e. The van der Waals surface area contributed by atoms with Crippen LogP contribution >= 0.6 is 0 Å². The minimum absolute atomic E-state index is 0.0206. The highest BCUT2D eigenvalue weighted by Crippen LogP contribution is 2.40. The number of benzene rings is 2. The lowest BCUT2D eigenvalue weighted by Gasteiger charge is -2.32. The van der Waals surface area contributed by atoms with Crippen molar-refractivity contribution in [3.63, 3.8) is 0 Å². The number of nitrogens with one attached hydrogen (secondary N) is 1. The van der Waals surface area contributed by atoms with Crippen molar-refractivity contribution in [2.24, 2.45) is 0 Å². The lowest BCUT2D eigenvalue weighted by Crippen LogP contribution is -2.46. The van der Waals surface area contributed by atoms with Crippen LogP contribution in [0.25, 0.3) is 0 Å². The summed E-state index contributed by atoms with van der Waals surface area (Å²) in [6, 6.07) is 12.7. The van der Waals surface area contributed by atoms with Crippen molar-refractivity contribution >= 4 is 17.5 Å². The quantitative estimate of drug-likeness (QED) is 0.512. The highest BCUT2D eigenvalue weighted by Gasteiger charge is 2.39. The summed E-state index contributed by atoms with van der Waals surface area (Å²) in [7, 11) is 2.94. The second-order valence-electron chi connectivity index (χ2n) is 8.08. The topological polar surface area (TPSA) is 81.0 Å². The molecule has 178 valence electrons. The first-order chi connectivity index (χ1) is 16.5. The molecule has 0 saturated heterocycles. The van der Waals surface area contributed by atoms with Crippen LogP contribution in [0.5, 0.6) is 11.5 Å². The van der Waals surface area contributed by atoms with Crippen molar-refractivity contribution in [1.82, 2.24) is 5.32 Å². The lowest BCUT2D eigenvalue weighted by atomic mass is 10.00. The van der Waals surface area contributed by atoms with Crippen LogP contribution in [0.15, 0.2) is 65.3 Å². The molecule has 3 aromatic rings. The van der Waals surface area contributed by atoms with Gasteiger partial charge in [-0.05, 0) is 43.2 Å². The van der Waals surface area contributed by atoms with Crippen LogP contribution in [-0.2, 0) is 4.79 Å². The molecule has 0 radical (unpaired) electrons. The summed E-state index contributed by atoms with van der Waals surface area (Å²) >= 11 is 0. The molecule has 0 bridgehead atoms. The molecule has 1 aliphatic rings. The molecule has 1 aromatic heterocycles. The standard InChI is InChI=1S/C26H27FN2O5/c1-32-21-14-7-11-18(24(21)33-2)23(25(30)28-17-9-3-4-10-17)29(20-13-6-5-12-19(20)27)26(31)22-15-8-16-34-22/h5-8,11-17,23H,3-4,9-10H2,1-2H3,(H,28,30)/t23-/m0/s1. The van der Waals surface area contributed by atoms with Crippen LogP contribution in [0.2, 0.25) is 0 Å². The predicted molar refractivity (Wildman–Crippen MR) is 125 cm³/mol. The van der Waals surface area contributed by atoms with Gasteiger partial charge in [0.25, 0.3) is 5.91 Å². The molecule has 2 amide bonds. The number of carbonyl (C=O) groups excluding carboxylic acids is 2. The van der Waals surface area contributed by atoms with Crippen molar-refractivity contribution in [3.05, 3.63) is 78.0 Å². The number of hydrogen-bond donors (Lipinski definition) is 1. The van der Waals surface area contributed by atoms with E-state index in [0.29, 0.717) is 11.3 Å². The van der Waals surface area contributed by atoms with Crippen LogP contribution in [0.4, 0.5) is 10.1 Å². The van der Waals surface area contributed by atoms with Gasteiger partial charge in [-0.3, -0.25) is 14.5 Å². The summed E-state index contributed by atoms with van der Waals surface area (Å²) in [4.78, 5) is 28.6. The van der Waals surface area contributed by atoms with Gasteiger partial charge in [-0.2, -0.15) is 0 Å². The van der Waals surface area contributed by atoms with Crippen LogP contribution in [0.1, 0.15) is 47.8 Å². The fourth-order valence-corrected chi connectivity index (χ4v) is 4.41. The predicted octanol–water partition coefficient (Wildman–Crippen LogP) is 4.88. The minimum atomic E-state index is -1.25. The third kappa shape index (κ3) is 4.62. The first kappa shape index (κ1) is 23.4. The molecular weight excluding hydrogens is 439 g/mol. The van der Waals surface area contributed by atoms with E-state index in [1.54, 1.807) is 30.3 Å². The molecule has 0 aliphatic heterocycles. The number of furan rings is 1. The Hall–Kier alpha value is -3.81. The smallest absolute Gasteiger partial charge is 0.295 e. The molecular formula is C26H27FN2O5. The molecule has 1 aliphatic carbocycles. The van der Waals surface area contributed by atoms with E-state index in [1.807, 2.05) is 0 Å². The first-order valence-corrected chi connectivity index (χ1v) is 11.2. The van der Waals surface area contributed by atoms with Crippen LogP contribution in [0.3, 0.4) is 0 Å². The Balaban J connectivity index is 1.90. The zero-order chi connectivity index (χ0) is 24.1. The van der Waals surface area contributed by atoms with E-state index in [9.17, 15) is 9.59 Å². The highest BCUT2D eigenvalue weighted by atomic mass is 19.1. The van der Waals surface area contributed by atoms with Gasteiger partial charge < -0.3 is 19.2 Å². The number of amides is 2. The maximum absolute atomic E-state index is 15.1. The largest absolute Gasteiger partial charge is 0.493 e. The molecule has 8 heteroatoms. The molecule has 7 nitrogen and oxygen atoms in total. The monoisotopic (exact) mass is 466 g/mol. The third-order valence-electron chi connectivity index (χ3n) is 6.00. The molecule has 0 unspecified atom stereocenters. The van der Waals surface area contributed by atoms with Crippen LogP contribution in [-0.4, -0.2) is 32.1 Å². The second-order valence-corrected chi connectivity index (χ2v) is 8.08. The Morgan fingerprint density at radius 2 is 1.79 bits per heavy atom. The maximum Gasteiger partial charge on any atom is 0.295 e. The van der Waals surface area contributed by atoms with Gasteiger partial charge in [0.15, 0.2) is 17.3 Å². The van der Waals surface area contributed by atoms with E-state index in [4.69, 9.17) is 13.9 Å². The van der Waals surface area contributed by atoms with Crippen LogP contribution < -0.4 is 19.7 Å². The normalized spacial score (nSPS) is 14.4. The Kier molecular flexibility index (Phi) is 7.15. The Morgan fingerprint density at radius 1 is 1.03 bits per heavy atom. The van der Waals surface area contributed by atoms with Crippen molar-refractivity contribution in [1.29, 1.82) is 0 Å². The van der Waals surface area contributed by atoms with Gasteiger partial charge in [0.05, 0.1) is 26.2 Å². The number of anilines is 1. The van der Waals surface area contributed by atoms with Gasteiger partial charge in [-0.25, -0.2) is 4.39 Å². The summed E-state index contributed by atoms with van der Waals surface area (Å²) in [5.74, 6) is -1.11. The van der Waals surface area contributed by atoms with E-state index in [1.165, 1.54) is 44.7 Å². The van der Waals surface area contributed by atoms with Crippen molar-refractivity contribution in [2.75, 3.05) is 19.1 Å². The van der Waals surface area contributed by atoms with Crippen LogP contribution in [0, 0.1) is 5.82 Å². The summed E-state index contributed by atoms with van der Waals surface area (Å²) in [5.41, 5.74) is 0.306. The number of ether oxygens (including phenoxy) is 2. The van der Waals surface area contributed by atoms with Gasteiger partial charge in [-0.1, -0.05) is 37.1 Å². The molecule has 1 fully saturated rings. The molecule has 0 spiro atoms. The van der Waals surface area contributed by atoms with Gasteiger partial charge >= 0.3 is 0 Å². The third-order valence-corrected chi connectivity index (χ3v) is 6.00. The number of para-hydroxylation sites is 2. The number of methoxy groups -OCH3 is 2. The van der Waals surface area contributed by atoms with E-state index < -0.39 is 23.7 Å². The molecule has 4 rings (SSSR count). The maximum atomic E-state index is 15.1. The summed E-state index contributed by atoms with van der Waals surface area (Å²) in [6.07, 6.45) is 5.08. The zero-order valence-corrected chi connectivity index (χ0v) is 19.1. The molecule has 1 saturated carbocycles. The highest BCUT2D eigenvalue weighted by molar-refractivity contribution is 6.09. The summed E-state index contributed by atoms with van der Waals surface area (Å²) < 4.78 is 31.5. The summed E-state index contributed by atoms with van der Waals surface area (Å²) in [6.45, 7) is 0. The fraction of sp³-hybridized carbons (Fsp3) is 0.308. The number of rotatable bonds is 8. The van der Waals surface area contributed by atoms with E-state index in [-0.39, 0.29) is 23.2 Å². The average molecular weight is 467 g/mol. The van der Waals surface area contributed by atoms with Crippen molar-refractivity contribution in [3.8, 4) is 11.5 Å². The Morgan fingerprint density at radius 3 is 2.44 bits per heavy atom. The Bertz CT molecular complexity index is 1140. The molecule has 34 heavy (non-hydrogen) atoms.